The lowest BCUT2D eigenvalue weighted by atomic mass is 9.72. The molecule has 1 fully saturated rings. The Labute approximate surface area is 184 Å². The first-order chi connectivity index (χ1) is 14.7. The largest absolute Gasteiger partial charge is 0.425 e. The fourth-order valence-corrected chi connectivity index (χ4v) is 4.31. The molecule has 4 rings (SSSR count). The van der Waals surface area contributed by atoms with Gasteiger partial charge in [-0.2, -0.15) is 0 Å². The summed E-state index contributed by atoms with van der Waals surface area (Å²) in [6.45, 7) is 7.45. The van der Waals surface area contributed by atoms with Crippen molar-refractivity contribution in [3.05, 3.63) is 106 Å². The third-order valence-corrected chi connectivity index (χ3v) is 6.03. The van der Waals surface area contributed by atoms with E-state index in [1.54, 1.807) is 0 Å². The van der Waals surface area contributed by atoms with Crippen molar-refractivity contribution in [3.63, 3.8) is 0 Å². The van der Waals surface area contributed by atoms with E-state index < -0.39 is 10.8 Å². The molecule has 0 unspecified atom stereocenters. The van der Waals surface area contributed by atoms with Crippen molar-refractivity contribution in [1.82, 2.24) is 0 Å². The summed E-state index contributed by atoms with van der Waals surface area (Å²) in [5, 5.41) is 0. The standard InChI is InChI=1S/C28H28O3/c1-19-15-16-20-18-28(21-11-7-5-8-12-21,22-13-9-6-10-14-22)25(29)24(20)23(17-19)31-26(30)27(2,3)4/h5-14,16-17H,15,18H2,1-4H3. The SMILES string of the molecule is CC1=CC(OC(=O)C(C)(C)C)=C2C(=O)C(c3ccccc3)(c3ccccc3)CC2=CC1. The number of ketones is 1. The first kappa shape index (κ1) is 21.0. The third kappa shape index (κ3) is 3.69. The van der Waals surface area contributed by atoms with Gasteiger partial charge in [-0.15, -0.1) is 0 Å². The molecule has 0 N–H and O–H groups in total. The molecule has 158 valence electrons. The predicted octanol–water partition coefficient (Wildman–Crippen LogP) is 6.07. The fourth-order valence-electron chi connectivity index (χ4n) is 4.31. The van der Waals surface area contributed by atoms with Crippen molar-refractivity contribution in [3.8, 4) is 0 Å². The van der Waals surface area contributed by atoms with Gasteiger partial charge in [-0.1, -0.05) is 72.3 Å². The number of rotatable bonds is 3. The second-order valence-corrected chi connectivity index (χ2v) is 9.45. The molecule has 0 heterocycles. The van der Waals surface area contributed by atoms with Crippen LogP contribution in [0.5, 0.6) is 0 Å². The van der Waals surface area contributed by atoms with Crippen LogP contribution in [0.1, 0.15) is 51.7 Å². The molecule has 3 nitrogen and oxygen atoms in total. The van der Waals surface area contributed by atoms with Crippen LogP contribution in [0.15, 0.2) is 95.3 Å². The number of allylic oxidation sites excluding steroid dienone is 5. The molecule has 0 aliphatic heterocycles. The van der Waals surface area contributed by atoms with Gasteiger partial charge in [0.25, 0.3) is 0 Å². The van der Waals surface area contributed by atoms with Crippen molar-refractivity contribution in [2.75, 3.05) is 0 Å². The quantitative estimate of drug-likeness (QED) is 0.575. The molecule has 2 aromatic carbocycles. The maximum Gasteiger partial charge on any atom is 0.316 e. The van der Waals surface area contributed by atoms with Crippen molar-refractivity contribution >= 4 is 11.8 Å². The fraction of sp³-hybridized carbons (Fsp3) is 0.286. The monoisotopic (exact) mass is 412 g/mol. The first-order valence-corrected chi connectivity index (χ1v) is 10.7. The summed E-state index contributed by atoms with van der Waals surface area (Å²) in [5.41, 5.74) is 2.95. The van der Waals surface area contributed by atoms with Crippen molar-refractivity contribution in [2.24, 2.45) is 5.41 Å². The van der Waals surface area contributed by atoms with Gasteiger partial charge in [0, 0.05) is 0 Å². The Balaban J connectivity index is 1.94. The van der Waals surface area contributed by atoms with Gasteiger partial charge in [0.2, 0.25) is 0 Å². The second kappa shape index (κ2) is 7.81. The van der Waals surface area contributed by atoms with E-state index in [9.17, 15) is 9.59 Å². The number of esters is 1. The number of carbonyl (C=O) groups is 2. The molecule has 0 saturated heterocycles. The number of carbonyl (C=O) groups excluding carboxylic acids is 2. The highest BCUT2D eigenvalue weighted by atomic mass is 16.5. The number of ether oxygens (including phenoxy) is 1. The zero-order chi connectivity index (χ0) is 22.2. The van der Waals surface area contributed by atoms with E-state index >= 15 is 0 Å². The Morgan fingerprint density at radius 3 is 2.00 bits per heavy atom. The van der Waals surface area contributed by atoms with Gasteiger partial charge in [-0.25, -0.2) is 0 Å². The van der Waals surface area contributed by atoms with E-state index in [0.717, 1.165) is 28.7 Å². The summed E-state index contributed by atoms with van der Waals surface area (Å²) in [6, 6.07) is 19.8. The number of benzene rings is 2. The molecular formula is C28H28O3. The number of hydrogen-bond donors (Lipinski definition) is 0. The van der Waals surface area contributed by atoms with Gasteiger partial charge >= 0.3 is 5.97 Å². The zero-order valence-corrected chi connectivity index (χ0v) is 18.6. The summed E-state index contributed by atoms with van der Waals surface area (Å²) >= 11 is 0. The predicted molar refractivity (Wildman–Crippen MR) is 122 cm³/mol. The Morgan fingerprint density at radius 1 is 0.935 bits per heavy atom. The van der Waals surface area contributed by atoms with Gasteiger partial charge < -0.3 is 4.74 Å². The maximum atomic E-state index is 14.2. The number of fused-ring (bicyclic) bond motifs is 1. The molecule has 31 heavy (non-hydrogen) atoms. The van der Waals surface area contributed by atoms with E-state index in [2.05, 4.69) is 6.08 Å². The molecule has 2 aliphatic carbocycles. The number of Topliss-reactive ketones (excluding diaryl/α,β-unsaturated/α-hetero) is 1. The molecule has 3 heteroatoms. The Hall–Kier alpha value is -3.20. The van der Waals surface area contributed by atoms with Crippen molar-refractivity contribution < 1.29 is 14.3 Å². The van der Waals surface area contributed by atoms with E-state index in [1.165, 1.54) is 0 Å². The van der Waals surface area contributed by atoms with Crippen LogP contribution in [0.2, 0.25) is 0 Å². The van der Waals surface area contributed by atoms with Crippen LogP contribution in [0.25, 0.3) is 0 Å². The highest BCUT2D eigenvalue weighted by Crippen LogP contribution is 2.50. The van der Waals surface area contributed by atoms with Gasteiger partial charge in [-0.05, 0) is 63.3 Å². The van der Waals surface area contributed by atoms with Crippen LogP contribution >= 0.6 is 0 Å². The maximum absolute atomic E-state index is 14.2. The molecule has 2 aliphatic rings. The Bertz CT molecular complexity index is 1070. The highest BCUT2D eigenvalue weighted by molar-refractivity contribution is 6.13. The Kier molecular flexibility index (Phi) is 5.30. The van der Waals surface area contributed by atoms with Crippen molar-refractivity contribution in [2.45, 2.75) is 46.0 Å². The van der Waals surface area contributed by atoms with E-state index in [-0.39, 0.29) is 11.8 Å². The van der Waals surface area contributed by atoms with Crippen LogP contribution in [-0.4, -0.2) is 11.8 Å². The Morgan fingerprint density at radius 2 is 1.48 bits per heavy atom. The highest BCUT2D eigenvalue weighted by Gasteiger charge is 2.51. The van der Waals surface area contributed by atoms with Gasteiger partial charge in [0.15, 0.2) is 5.78 Å². The van der Waals surface area contributed by atoms with Crippen LogP contribution in [-0.2, 0) is 19.7 Å². The summed E-state index contributed by atoms with van der Waals surface area (Å²) in [6.07, 6.45) is 5.24. The molecule has 0 atom stereocenters. The van der Waals surface area contributed by atoms with Crippen LogP contribution in [0.4, 0.5) is 0 Å². The van der Waals surface area contributed by atoms with E-state index in [1.807, 2.05) is 94.4 Å². The molecule has 0 spiro atoms. The van der Waals surface area contributed by atoms with Crippen LogP contribution in [0, 0.1) is 5.41 Å². The van der Waals surface area contributed by atoms with E-state index in [0.29, 0.717) is 17.8 Å². The van der Waals surface area contributed by atoms with Crippen LogP contribution in [0.3, 0.4) is 0 Å². The summed E-state index contributed by atoms with van der Waals surface area (Å²) in [5.74, 6) is 0.0174. The normalized spacial score (nSPS) is 18.1. The van der Waals surface area contributed by atoms with Gasteiger partial charge in [-0.3, -0.25) is 9.59 Å². The zero-order valence-electron chi connectivity index (χ0n) is 18.6. The average Bonchev–Trinajstić information content (AvgIpc) is 2.96. The molecule has 0 bridgehead atoms. The molecule has 2 aromatic rings. The lowest BCUT2D eigenvalue weighted by Gasteiger charge is -2.28. The molecule has 0 aromatic heterocycles. The topological polar surface area (TPSA) is 43.4 Å². The third-order valence-electron chi connectivity index (χ3n) is 6.03. The molecule has 0 radical (unpaired) electrons. The minimum atomic E-state index is -0.831. The minimum Gasteiger partial charge on any atom is -0.425 e. The second-order valence-electron chi connectivity index (χ2n) is 9.45. The van der Waals surface area contributed by atoms with Crippen molar-refractivity contribution in [1.29, 1.82) is 0 Å². The molecule has 1 saturated carbocycles. The average molecular weight is 413 g/mol. The molecular weight excluding hydrogens is 384 g/mol. The smallest absolute Gasteiger partial charge is 0.316 e. The lowest BCUT2D eigenvalue weighted by molar-refractivity contribution is -0.148. The van der Waals surface area contributed by atoms with Crippen LogP contribution < -0.4 is 0 Å². The lowest BCUT2D eigenvalue weighted by Crippen LogP contribution is -2.33. The first-order valence-electron chi connectivity index (χ1n) is 10.7. The summed E-state index contributed by atoms with van der Waals surface area (Å²) in [7, 11) is 0. The minimum absolute atomic E-state index is 0.0150. The van der Waals surface area contributed by atoms with Gasteiger partial charge in [0.1, 0.15) is 5.76 Å². The molecule has 0 amide bonds. The van der Waals surface area contributed by atoms with E-state index in [4.69, 9.17) is 4.74 Å². The summed E-state index contributed by atoms with van der Waals surface area (Å²) < 4.78 is 5.86. The van der Waals surface area contributed by atoms with Gasteiger partial charge in [0.05, 0.1) is 16.4 Å². The summed E-state index contributed by atoms with van der Waals surface area (Å²) in [4.78, 5) is 27.0. The number of hydrogen-bond acceptors (Lipinski definition) is 3.